The molecule has 1 aromatic carbocycles. The highest BCUT2D eigenvalue weighted by Gasteiger charge is 2.00. The molecule has 0 atom stereocenters. The quantitative estimate of drug-likeness (QED) is 0.719. The van der Waals surface area contributed by atoms with E-state index in [1.807, 2.05) is 13.0 Å². The van der Waals surface area contributed by atoms with Gasteiger partial charge in [-0.25, -0.2) is 0 Å². The minimum Gasteiger partial charge on any atom is -0.343 e. The lowest BCUT2D eigenvalue weighted by molar-refractivity contribution is 0.409. The van der Waals surface area contributed by atoms with Gasteiger partial charge >= 0.3 is 0 Å². The van der Waals surface area contributed by atoms with Gasteiger partial charge in [0.25, 0.3) is 0 Å². The molecule has 20 heavy (non-hydrogen) atoms. The molecule has 5 heteroatoms. The van der Waals surface area contributed by atoms with E-state index in [0.717, 1.165) is 36.5 Å². The first-order chi connectivity index (χ1) is 9.81. The summed E-state index contributed by atoms with van der Waals surface area (Å²) in [5.74, 6) is 0.732. The molecule has 0 saturated heterocycles. The number of rotatable bonds is 5. The van der Waals surface area contributed by atoms with Crippen molar-refractivity contribution < 1.29 is 4.52 Å². The van der Waals surface area contributed by atoms with Crippen molar-refractivity contribution >= 4 is 10.9 Å². The van der Waals surface area contributed by atoms with Crippen LogP contribution in [0.1, 0.15) is 17.1 Å². The third-order valence-corrected chi connectivity index (χ3v) is 3.15. The second kappa shape index (κ2) is 5.79. The normalized spacial score (nSPS) is 11.1. The fourth-order valence-electron chi connectivity index (χ4n) is 2.12. The number of nitrogens with one attached hydrogen (secondary N) is 1. The molecule has 0 radical (unpaired) electrons. The molecule has 3 aromatic rings. The topological polar surface area (TPSA) is 63.8 Å². The number of benzene rings is 1. The van der Waals surface area contributed by atoms with E-state index in [1.165, 1.54) is 17.3 Å². The summed E-state index contributed by atoms with van der Waals surface area (Å²) in [7, 11) is 0. The number of aromatic nitrogens is 3. The van der Waals surface area contributed by atoms with Crippen LogP contribution in [0.25, 0.3) is 10.9 Å². The van der Waals surface area contributed by atoms with Crippen LogP contribution in [0.15, 0.2) is 41.2 Å². The molecule has 0 amide bonds. The molecule has 5 nitrogen and oxygen atoms in total. The van der Waals surface area contributed by atoms with Crippen LogP contribution in [0.4, 0.5) is 0 Å². The first-order valence-electron chi connectivity index (χ1n) is 6.63. The zero-order chi connectivity index (χ0) is 13.8. The van der Waals surface area contributed by atoms with E-state index in [2.05, 4.69) is 44.7 Å². The van der Waals surface area contributed by atoms with Gasteiger partial charge in [-0.2, -0.15) is 4.98 Å². The third-order valence-electron chi connectivity index (χ3n) is 3.15. The largest absolute Gasteiger partial charge is 0.343 e. The van der Waals surface area contributed by atoms with E-state index in [-0.39, 0.29) is 0 Å². The lowest BCUT2D eigenvalue weighted by Gasteiger charge is -2.05. The summed E-state index contributed by atoms with van der Waals surface area (Å²) >= 11 is 0. The summed E-state index contributed by atoms with van der Waals surface area (Å²) in [5, 5.41) is 8.32. The molecule has 3 rings (SSSR count). The Hall–Kier alpha value is -2.27. The van der Waals surface area contributed by atoms with Crippen molar-refractivity contribution in [2.75, 3.05) is 6.54 Å². The van der Waals surface area contributed by atoms with E-state index in [4.69, 9.17) is 4.52 Å². The van der Waals surface area contributed by atoms with Crippen molar-refractivity contribution in [2.45, 2.75) is 19.9 Å². The second-order valence-corrected chi connectivity index (χ2v) is 4.75. The van der Waals surface area contributed by atoms with Crippen molar-refractivity contribution in [1.82, 2.24) is 20.4 Å². The lowest BCUT2D eigenvalue weighted by atomic mass is 10.1. The van der Waals surface area contributed by atoms with Gasteiger partial charge in [0.05, 0.1) is 5.52 Å². The molecular formula is C15H16N4O. The van der Waals surface area contributed by atoms with Gasteiger partial charge in [-0.15, -0.1) is 0 Å². The first kappa shape index (κ1) is 12.7. The molecule has 0 aliphatic carbocycles. The molecule has 0 spiro atoms. The number of hydrogen-bond donors (Lipinski definition) is 1. The maximum absolute atomic E-state index is 4.69. The number of aryl methyl sites for hydroxylation is 1. The Morgan fingerprint density at radius 1 is 1.20 bits per heavy atom. The molecule has 0 saturated carbocycles. The minimum absolute atomic E-state index is 0.732. The molecule has 102 valence electrons. The highest BCUT2D eigenvalue weighted by molar-refractivity contribution is 5.79. The van der Waals surface area contributed by atoms with Crippen LogP contribution in [0.3, 0.4) is 0 Å². The van der Waals surface area contributed by atoms with Gasteiger partial charge in [0.2, 0.25) is 6.39 Å². The molecular weight excluding hydrogens is 252 g/mol. The molecule has 2 heterocycles. The average Bonchev–Trinajstić information content (AvgIpc) is 2.97. The van der Waals surface area contributed by atoms with Gasteiger partial charge in [-0.1, -0.05) is 17.3 Å². The number of nitrogens with zero attached hydrogens (tertiary/aromatic N) is 3. The van der Waals surface area contributed by atoms with Crippen LogP contribution in [-0.4, -0.2) is 21.7 Å². The Morgan fingerprint density at radius 2 is 2.15 bits per heavy atom. The fraction of sp³-hybridized carbons (Fsp3) is 0.267. The summed E-state index contributed by atoms with van der Waals surface area (Å²) in [6, 6.07) is 10.5. The van der Waals surface area contributed by atoms with Crippen molar-refractivity contribution in [1.29, 1.82) is 0 Å². The highest BCUT2D eigenvalue weighted by atomic mass is 16.5. The van der Waals surface area contributed by atoms with Gasteiger partial charge in [0.1, 0.15) is 0 Å². The number of pyridine rings is 1. The maximum Gasteiger partial charge on any atom is 0.213 e. The van der Waals surface area contributed by atoms with Crippen LogP contribution >= 0.6 is 0 Å². The van der Waals surface area contributed by atoms with Crippen molar-refractivity contribution in [3.63, 3.8) is 0 Å². The van der Waals surface area contributed by atoms with E-state index in [1.54, 1.807) is 0 Å². The highest BCUT2D eigenvalue weighted by Crippen LogP contribution is 2.14. The minimum atomic E-state index is 0.732. The zero-order valence-corrected chi connectivity index (χ0v) is 11.3. The first-order valence-corrected chi connectivity index (χ1v) is 6.63. The Morgan fingerprint density at radius 3 is 3.00 bits per heavy atom. The summed E-state index contributed by atoms with van der Waals surface area (Å²) in [5.41, 5.74) is 3.33. The molecule has 1 N–H and O–H groups in total. The molecule has 0 unspecified atom stereocenters. The van der Waals surface area contributed by atoms with E-state index < -0.39 is 0 Å². The van der Waals surface area contributed by atoms with Crippen molar-refractivity contribution in [3.8, 4) is 0 Å². The zero-order valence-electron chi connectivity index (χ0n) is 11.3. The maximum atomic E-state index is 4.69. The second-order valence-electron chi connectivity index (χ2n) is 4.75. The van der Waals surface area contributed by atoms with Crippen molar-refractivity contribution in [3.05, 3.63) is 53.8 Å². The predicted octanol–water partition coefficient (Wildman–Crippen LogP) is 2.26. The summed E-state index contributed by atoms with van der Waals surface area (Å²) in [6.45, 7) is 3.65. The molecule has 0 bridgehead atoms. The monoisotopic (exact) mass is 268 g/mol. The van der Waals surface area contributed by atoms with Crippen LogP contribution in [0, 0.1) is 6.92 Å². The van der Waals surface area contributed by atoms with Gasteiger partial charge in [0.15, 0.2) is 5.82 Å². The van der Waals surface area contributed by atoms with Gasteiger partial charge in [0, 0.05) is 30.6 Å². The average molecular weight is 268 g/mol. The standard InChI is InChI=1S/C15H16N4O/c1-11-2-4-13-8-12(3-5-14(13)18-11)9-16-7-6-15-17-10-20-19-15/h2-5,8,10,16H,6-7,9H2,1H3. The van der Waals surface area contributed by atoms with Gasteiger partial charge in [-0.3, -0.25) is 4.98 Å². The van der Waals surface area contributed by atoms with Crippen LogP contribution in [0.5, 0.6) is 0 Å². The Kier molecular flexibility index (Phi) is 3.69. The Labute approximate surface area is 117 Å². The predicted molar refractivity (Wildman–Crippen MR) is 76.2 cm³/mol. The number of hydrogen-bond acceptors (Lipinski definition) is 5. The Balaban J connectivity index is 1.58. The summed E-state index contributed by atoms with van der Waals surface area (Å²) < 4.78 is 4.69. The van der Waals surface area contributed by atoms with Crippen molar-refractivity contribution in [2.24, 2.45) is 0 Å². The van der Waals surface area contributed by atoms with Crippen LogP contribution < -0.4 is 5.32 Å². The molecule has 0 aliphatic heterocycles. The van der Waals surface area contributed by atoms with Gasteiger partial charge in [-0.05, 0) is 30.7 Å². The van der Waals surface area contributed by atoms with E-state index in [9.17, 15) is 0 Å². The van der Waals surface area contributed by atoms with E-state index in [0.29, 0.717) is 0 Å². The third kappa shape index (κ3) is 3.00. The molecule has 0 aliphatic rings. The summed E-state index contributed by atoms with van der Waals surface area (Å²) in [4.78, 5) is 8.48. The van der Waals surface area contributed by atoms with Gasteiger partial charge < -0.3 is 9.84 Å². The van der Waals surface area contributed by atoms with Crippen LogP contribution in [0.2, 0.25) is 0 Å². The summed E-state index contributed by atoms with van der Waals surface area (Å²) in [6.07, 6.45) is 2.12. The fourth-order valence-corrected chi connectivity index (χ4v) is 2.12. The molecule has 0 fully saturated rings. The van der Waals surface area contributed by atoms with Crippen LogP contribution in [-0.2, 0) is 13.0 Å². The number of fused-ring (bicyclic) bond motifs is 1. The van der Waals surface area contributed by atoms with E-state index >= 15 is 0 Å². The molecule has 2 aromatic heterocycles. The lowest BCUT2D eigenvalue weighted by Crippen LogP contribution is -2.17. The SMILES string of the molecule is Cc1ccc2cc(CNCCc3ncon3)ccc2n1. The smallest absolute Gasteiger partial charge is 0.213 e. The Bertz CT molecular complexity index is 694.